The summed E-state index contributed by atoms with van der Waals surface area (Å²) in [6, 6.07) is 17.0. The van der Waals surface area contributed by atoms with Crippen molar-refractivity contribution in [2.24, 2.45) is 5.92 Å². The standard InChI is InChI=1S/C16H16BrN/c17-16-8-4-7-14(18-16)10-9-13-11-15(13)12-5-2-1-3-6-12/h1-8,13,15H,9-11H2/t13-,15?/m0/s1. The Morgan fingerprint density at radius 1 is 1.06 bits per heavy atom. The Bertz CT molecular complexity index is 524. The van der Waals surface area contributed by atoms with Gasteiger partial charge in [-0.25, -0.2) is 4.98 Å². The van der Waals surface area contributed by atoms with Gasteiger partial charge in [-0.15, -0.1) is 0 Å². The molecule has 1 nitrogen and oxygen atoms in total. The third kappa shape index (κ3) is 2.81. The molecule has 2 heteroatoms. The van der Waals surface area contributed by atoms with Gasteiger partial charge in [0, 0.05) is 5.69 Å². The highest BCUT2D eigenvalue weighted by Gasteiger charge is 2.37. The molecule has 1 fully saturated rings. The summed E-state index contributed by atoms with van der Waals surface area (Å²) in [6.45, 7) is 0. The fourth-order valence-electron chi connectivity index (χ4n) is 2.60. The smallest absolute Gasteiger partial charge is 0.106 e. The molecule has 0 N–H and O–H groups in total. The monoisotopic (exact) mass is 301 g/mol. The first-order valence-corrected chi connectivity index (χ1v) is 7.28. The molecule has 18 heavy (non-hydrogen) atoms. The quantitative estimate of drug-likeness (QED) is 0.753. The van der Waals surface area contributed by atoms with Gasteiger partial charge in [-0.2, -0.15) is 0 Å². The highest BCUT2D eigenvalue weighted by atomic mass is 79.9. The molecule has 3 rings (SSSR count). The molecule has 0 bridgehead atoms. The Balaban J connectivity index is 1.55. The summed E-state index contributed by atoms with van der Waals surface area (Å²) < 4.78 is 0.940. The average molecular weight is 302 g/mol. The lowest BCUT2D eigenvalue weighted by atomic mass is 10.1. The zero-order chi connectivity index (χ0) is 12.4. The normalized spacial score (nSPS) is 21.8. The van der Waals surface area contributed by atoms with E-state index in [1.165, 1.54) is 24.1 Å². The molecule has 0 amide bonds. The van der Waals surface area contributed by atoms with Crippen LogP contribution in [0.5, 0.6) is 0 Å². The van der Waals surface area contributed by atoms with Crippen molar-refractivity contribution >= 4 is 15.9 Å². The van der Waals surface area contributed by atoms with Crippen molar-refractivity contribution in [1.29, 1.82) is 0 Å². The topological polar surface area (TPSA) is 12.9 Å². The fraction of sp³-hybridized carbons (Fsp3) is 0.312. The first-order valence-electron chi connectivity index (χ1n) is 6.49. The molecule has 1 heterocycles. The van der Waals surface area contributed by atoms with Crippen molar-refractivity contribution in [3.63, 3.8) is 0 Å². The number of halogens is 1. The minimum absolute atomic E-state index is 0.790. The van der Waals surface area contributed by atoms with E-state index >= 15 is 0 Å². The molecule has 1 unspecified atom stereocenters. The summed E-state index contributed by atoms with van der Waals surface area (Å²) in [5.41, 5.74) is 2.70. The zero-order valence-corrected chi connectivity index (χ0v) is 11.8. The summed E-state index contributed by atoms with van der Waals surface area (Å²) >= 11 is 3.42. The predicted octanol–water partition coefficient (Wildman–Crippen LogP) is 4.58. The number of nitrogens with zero attached hydrogens (tertiary/aromatic N) is 1. The molecular weight excluding hydrogens is 286 g/mol. The lowest BCUT2D eigenvalue weighted by Gasteiger charge is -2.02. The van der Waals surface area contributed by atoms with Crippen molar-refractivity contribution in [3.8, 4) is 0 Å². The third-order valence-electron chi connectivity index (χ3n) is 3.69. The van der Waals surface area contributed by atoms with E-state index in [9.17, 15) is 0 Å². The first-order chi connectivity index (χ1) is 8.83. The van der Waals surface area contributed by atoms with Gasteiger partial charge in [-0.05, 0) is 64.7 Å². The summed E-state index contributed by atoms with van der Waals surface area (Å²) in [6.07, 6.45) is 3.69. The molecule has 1 aromatic heterocycles. The van der Waals surface area contributed by atoms with E-state index in [2.05, 4.69) is 63.4 Å². The second kappa shape index (κ2) is 5.23. The summed E-state index contributed by atoms with van der Waals surface area (Å²) in [4.78, 5) is 4.49. The molecule has 92 valence electrons. The van der Waals surface area contributed by atoms with Gasteiger partial charge in [-0.3, -0.25) is 0 Å². The van der Waals surface area contributed by atoms with Crippen molar-refractivity contribution in [2.75, 3.05) is 0 Å². The highest BCUT2D eigenvalue weighted by Crippen LogP contribution is 2.49. The molecule has 1 aliphatic carbocycles. The molecule has 1 aromatic carbocycles. The minimum Gasteiger partial charge on any atom is -0.246 e. The van der Waals surface area contributed by atoms with Gasteiger partial charge < -0.3 is 0 Å². The Kier molecular flexibility index (Phi) is 3.46. The van der Waals surface area contributed by atoms with Gasteiger partial charge in [0.1, 0.15) is 4.60 Å². The number of aryl methyl sites for hydroxylation is 1. The van der Waals surface area contributed by atoms with Crippen molar-refractivity contribution < 1.29 is 0 Å². The zero-order valence-electron chi connectivity index (χ0n) is 10.2. The second-order valence-corrected chi connectivity index (χ2v) is 5.82. The molecule has 0 aliphatic heterocycles. The average Bonchev–Trinajstić information content (AvgIpc) is 3.17. The van der Waals surface area contributed by atoms with Crippen molar-refractivity contribution in [2.45, 2.75) is 25.2 Å². The van der Waals surface area contributed by atoms with Gasteiger partial charge in [0.15, 0.2) is 0 Å². The lowest BCUT2D eigenvalue weighted by molar-refractivity contribution is 0.692. The van der Waals surface area contributed by atoms with E-state index in [0.29, 0.717) is 0 Å². The number of hydrogen-bond acceptors (Lipinski definition) is 1. The number of benzene rings is 1. The van der Waals surface area contributed by atoms with Crippen LogP contribution in [0, 0.1) is 5.92 Å². The molecule has 0 radical (unpaired) electrons. The van der Waals surface area contributed by atoms with Crippen LogP contribution >= 0.6 is 15.9 Å². The molecule has 1 aliphatic rings. The molecular formula is C16H16BrN. The second-order valence-electron chi connectivity index (χ2n) is 5.00. The van der Waals surface area contributed by atoms with E-state index in [1.54, 1.807) is 0 Å². The molecule has 0 saturated heterocycles. The maximum atomic E-state index is 4.49. The van der Waals surface area contributed by atoms with Crippen LogP contribution in [0.1, 0.15) is 30.0 Å². The SMILES string of the molecule is Brc1cccc(CC[C@H]2CC2c2ccccc2)n1. The van der Waals surface area contributed by atoms with Crippen LogP contribution in [-0.2, 0) is 6.42 Å². The molecule has 1 saturated carbocycles. The predicted molar refractivity (Wildman–Crippen MR) is 77.5 cm³/mol. The van der Waals surface area contributed by atoms with E-state index in [-0.39, 0.29) is 0 Å². The maximum Gasteiger partial charge on any atom is 0.106 e. The molecule has 0 spiro atoms. The van der Waals surface area contributed by atoms with Gasteiger partial charge >= 0.3 is 0 Å². The summed E-state index contributed by atoms with van der Waals surface area (Å²) in [7, 11) is 0. The van der Waals surface area contributed by atoms with Crippen LogP contribution < -0.4 is 0 Å². The molecule has 2 atom stereocenters. The van der Waals surface area contributed by atoms with Crippen LogP contribution in [0.25, 0.3) is 0 Å². The number of pyridine rings is 1. The van der Waals surface area contributed by atoms with Gasteiger partial charge in [-0.1, -0.05) is 36.4 Å². The lowest BCUT2D eigenvalue weighted by Crippen LogP contribution is -1.92. The summed E-state index contributed by atoms with van der Waals surface area (Å²) in [5.74, 6) is 1.64. The van der Waals surface area contributed by atoms with E-state index in [4.69, 9.17) is 0 Å². The third-order valence-corrected chi connectivity index (χ3v) is 4.14. The van der Waals surface area contributed by atoms with Crippen molar-refractivity contribution in [1.82, 2.24) is 4.98 Å². The highest BCUT2D eigenvalue weighted by molar-refractivity contribution is 9.10. The minimum atomic E-state index is 0.790. The van der Waals surface area contributed by atoms with E-state index < -0.39 is 0 Å². The Morgan fingerprint density at radius 3 is 2.67 bits per heavy atom. The van der Waals surface area contributed by atoms with Gasteiger partial charge in [0.05, 0.1) is 0 Å². The first kappa shape index (κ1) is 11.9. The largest absolute Gasteiger partial charge is 0.246 e. The van der Waals surface area contributed by atoms with E-state index in [0.717, 1.165) is 22.9 Å². The molecule has 2 aromatic rings. The Labute approximate surface area is 116 Å². The van der Waals surface area contributed by atoms with Crippen LogP contribution in [0.3, 0.4) is 0 Å². The van der Waals surface area contributed by atoms with Crippen LogP contribution in [0.4, 0.5) is 0 Å². The van der Waals surface area contributed by atoms with Crippen LogP contribution in [0.2, 0.25) is 0 Å². The Hall–Kier alpha value is -1.15. The summed E-state index contributed by atoms with van der Waals surface area (Å²) in [5, 5.41) is 0. The van der Waals surface area contributed by atoms with Crippen molar-refractivity contribution in [3.05, 3.63) is 64.4 Å². The fourth-order valence-corrected chi connectivity index (χ4v) is 2.98. The van der Waals surface area contributed by atoms with Gasteiger partial charge in [0.25, 0.3) is 0 Å². The Morgan fingerprint density at radius 2 is 1.89 bits per heavy atom. The number of rotatable bonds is 4. The van der Waals surface area contributed by atoms with Gasteiger partial charge in [0.2, 0.25) is 0 Å². The van der Waals surface area contributed by atoms with Crippen LogP contribution in [-0.4, -0.2) is 4.98 Å². The maximum absolute atomic E-state index is 4.49. The number of hydrogen-bond donors (Lipinski definition) is 0. The number of aromatic nitrogens is 1. The van der Waals surface area contributed by atoms with E-state index in [1.807, 2.05) is 6.07 Å². The van der Waals surface area contributed by atoms with Crippen LogP contribution in [0.15, 0.2) is 53.1 Å².